The molecule has 4 rings (SSSR count). The molecule has 3 aromatic heterocycles. The van der Waals surface area contributed by atoms with Gasteiger partial charge in [-0.3, -0.25) is 0 Å². The fourth-order valence-corrected chi connectivity index (χ4v) is 2.66. The third kappa shape index (κ3) is 3.04. The predicted octanol–water partition coefficient (Wildman–Crippen LogP) is 3.26. The fraction of sp³-hybridized carbons (Fsp3) is 0.0556. The van der Waals surface area contributed by atoms with Crippen molar-refractivity contribution < 1.29 is 8.78 Å². The van der Waals surface area contributed by atoms with Crippen molar-refractivity contribution in [1.82, 2.24) is 19.6 Å². The minimum atomic E-state index is -0.725. The first-order valence-electron chi connectivity index (χ1n) is 7.85. The van der Waals surface area contributed by atoms with Gasteiger partial charge in [0.1, 0.15) is 5.82 Å². The summed E-state index contributed by atoms with van der Waals surface area (Å²) < 4.78 is 28.2. The maximum absolute atomic E-state index is 13.6. The molecular formula is C18H14F2N6. The lowest BCUT2D eigenvalue weighted by atomic mass is 10.1. The number of benzene rings is 1. The number of hydrogen-bond acceptors (Lipinski definition) is 5. The normalized spacial score (nSPS) is 11.0. The second kappa shape index (κ2) is 6.40. The SMILES string of the molecule is Nc1nc2cccc(-c3ccc(CNc4ncc(F)cc4F)cc3)n2n1. The Kier molecular flexibility index (Phi) is 3.92. The van der Waals surface area contributed by atoms with Crippen molar-refractivity contribution in [2.24, 2.45) is 0 Å². The number of aromatic nitrogens is 4. The first-order valence-corrected chi connectivity index (χ1v) is 7.85. The molecule has 4 aromatic rings. The summed E-state index contributed by atoms with van der Waals surface area (Å²) in [5.41, 5.74) is 9.06. The maximum Gasteiger partial charge on any atom is 0.240 e. The van der Waals surface area contributed by atoms with E-state index in [-0.39, 0.29) is 11.8 Å². The van der Waals surface area contributed by atoms with Crippen LogP contribution in [0.5, 0.6) is 0 Å². The van der Waals surface area contributed by atoms with Gasteiger partial charge in [-0.2, -0.15) is 4.98 Å². The molecule has 0 radical (unpaired) electrons. The van der Waals surface area contributed by atoms with Crippen LogP contribution in [0.3, 0.4) is 0 Å². The molecule has 0 unspecified atom stereocenters. The number of nitrogens with two attached hydrogens (primary N) is 1. The molecule has 3 heterocycles. The van der Waals surface area contributed by atoms with E-state index < -0.39 is 11.6 Å². The molecule has 0 saturated carbocycles. The quantitative estimate of drug-likeness (QED) is 0.589. The van der Waals surface area contributed by atoms with E-state index in [4.69, 9.17) is 5.73 Å². The maximum atomic E-state index is 13.6. The van der Waals surface area contributed by atoms with Gasteiger partial charge in [0.25, 0.3) is 0 Å². The van der Waals surface area contributed by atoms with Gasteiger partial charge in [0, 0.05) is 18.2 Å². The molecule has 0 atom stereocenters. The highest BCUT2D eigenvalue weighted by atomic mass is 19.1. The number of hydrogen-bond donors (Lipinski definition) is 2. The van der Waals surface area contributed by atoms with Crippen LogP contribution < -0.4 is 11.1 Å². The Balaban J connectivity index is 1.55. The van der Waals surface area contributed by atoms with Crippen molar-refractivity contribution >= 4 is 17.4 Å². The number of nitrogen functional groups attached to an aromatic ring is 1. The van der Waals surface area contributed by atoms with Crippen molar-refractivity contribution in [2.45, 2.75) is 6.54 Å². The second-order valence-electron chi connectivity index (χ2n) is 5.69. The minimum Gasteiger partial charge on any atom is -0.366 e. The first kappa shape index (κ1) is 15.9. The molecule has 0 aliphatic carbocycles. The number of pyridine rings is 2. The van der Waals surface area contributed by atoms with Crippen LogP contribution in [0.2, 0.25) is 0 Å². The Bertz CT molecular complexity index is 1070. The third-order valence-electron chi connectivity index (χ3n) is 3.89. The largest absolute Gasteiger partial charge is 0.366 e. The average Bonchev–Trinajstić information content (AvgIpc) is 3.01. The van der Waals surface area contributed by atoms with Crippen LogP contribution in [0.15, 0.2) is 54.7 Å². The molecule has 0 saturated heterocycles. The number of nitrogens with zero attached hydrogens (tertiary/aromatic N) is 4. The summed E-state index contributed by atoms with van der Waals surface area (Å²) in [5, 5.41) is 7.05. The van der Waals surface area contributed by atoms with E-state index in [0.29, 0.717) is 12.2 Å². The minimum absolute atomic E-state index is 0.0123. The first-order chi connectivity index (χ1) is 12.6. The van der Waals surface area contributed by atoms with E-state index in [9.17, 15) is 8.78 Å². The molecule has 8 heteroatoms. The predicted molar refractivity (Wildman–Crippen MR) is 94.3 cm³/mol. The molecule has 3 N–H and O–H groups in total. The van der Waals surface area contributed by atoms with Crippen LogP contribution in [0.1, 0.15) is 5.56 Å². The lowest BCUT2D eigenvalue weighted by Gasteiger charge is -2.08. The van der Waals surface area contributed by atoms with Gasteiger partial charge in [-0.1, -0.05) is 30.3 Å². The highest BCUT2D eigenvalue weighted by Crippen LogP contribution is 2.21. The Morgan fingerprint density at radius 2 is 1.88 bits per heavy atom. The third-order valence-corrected chi connectivity index (χ3v) is 3.89. The molecule has 6 nitrogen and oxygen atoms in total. The number of anilines is 2. The standard InChI is InChI=1S/C18H14F2N6/c19-13-8-14(20)17(23-10-13)22-9-11-4-6-12(7-5-11)15-2-1-3-16-24-18(21)25-26(15)16/h1-8,10H,9H2,(H2,21,25)(H,22,23). The molecule has 26 heavy (non-hydrogen) atoms. The summed E-state index contributed by atoms with van der Waals surface area (Å²) >= 11 is 0. The smallest absolute Gasteiger partial charge is 0.240 e. The van der Waals surface area contributed by atoms with E-state index >= 15 is 0 Å². The Morgan fingerprint density at radius 3 is 2.65 bits per heavy atom. The molecule has 0 fully saturated rings. The van der Waals surface area contributed by atoms with E-state index in [1.54, 1.807) is 4.52 Å². The molecular weight excluding hydrogens is 338 g/mol. The summed E-state index contributed by atoms with van der Waals surface area (Å²) in [4.78, 5) is 7.85. The van der Waals surface area contributed by atoms with E-state index in [1.165, 1.54) is 0 Å². The van der Waals surface area contributed by atoms with E-state index in [0.717, 1.165) is 29.1 Å². The summed E-state index contributed by atoms with van der Waals surface area (Å²) in [6.45, 7) is 0.357. The molecule has 130 valence electrons. The lowest BCUT2D eigenvalue weighted by Crippen LogP contribution is -2.04. The van der Waals surface area contributed by atoms with Crippen LogP contribution in [0.25, 0.3) is 16.9 Å². The summed E-state index contributed by atoms with van der Waals surface area (Å²) in [7, 11) is 0. The zero-order chi connectivity index (χ0) is 18.1. The fourth-order valence-electron chi connectivity index (χ4n) is 2.66. The zero-order valence-electron chi connectivity index (χ0n) is 13.5. The summed E-state index contributed by atoms with van der Waals surface area (Å²) in [6, 6.07) is 14.1. The Hall–Kier alpha value is -3.55. The van der Waals surface area contributed by atoms with Crippen LogP contribution in [-0.4, -0.2) is 19.6 Å². The van der Waals surface area contributed by atoms with Crippen molar-refractivity contribution in [1.29, 1.82) is 0 Å². The number of halogens is 2. The molecule has 0 bridgehead atoms. The molecule has 0 spiro atoms. The van der Waals surface area contributed by atoms with Gasteiger partial charge in [-0.25, -0.2) is 18.3 Å². The van der Waals surface area contributed by atoms with Gasteiger partial charge in [0.2, 0.25) is 5.95 Å². The van der Waals surface area contributed by atoms with Crippen LogP contribution in [0, 0.1) is 11.6 Å². The summed E-state index contributed by atoms with van der Waals surface area (Å²) in [5.74, 6) is -1.21. The molecule has 0 amide bonds. The van der Waals surface area contributed by atoms with Gasteiger partial charge in [0.05, 0.1) is 11.9 Å². The Labute approximate surface area is 147 Å². The number of rotatable bonds is 4. The molecule has 0 aliphatic heterocycles. The van der Waals surface area contributed by atoms with Crippen LogP contribution >= 0.6 is 0 Å². The van der Waals surface area contributed by atoms with Gasteiger partial charge in [-0.15, -0.1) is 5.10 Å². The Morgan fingerprint density at radius 1 is 1.08 bits per heavy atom. The molecule has 1 aromatic carbocycles. The molecule has 0 aliphatic rings. The van der Waals surface area contributed by atoms with E-state index in [1.807, 2.05) is 42.5 Å². The van der Waals surface area contributed by atoms with Crippen molar-refractivity contribution in [3.8, 4) is 11.3 Å². The number of nitrogens with one attached hydrogen (secondary N) is 1. The lowest BCUT2D eigenvalue weighted by molar-refractivity contribution is 0.575. The van der Waals surface area contributed by atoms with Crippen molar-refractivity contribution in [3.05, 3.63) is 71.9 Å². The highest BCUT2D eigenvalue weighted by molar-refractivity contribution is 5.63. The number of fused-ring (bicyclic) bond motifs is 1. The summed E-state index contributed by atoms with van der Waals surface area (Å²) in [6.07, 6.45) is 0.971. The zero-order valence-corrected chi connectivity index (χ0v) is 13.5. The highest BCUT2D eigenvalue weighted by Gasteiger charge is 2.08. The average molecular weight is 352 g/mol. The van der Waals surface area contributed by atoms with Gasteiger partial charge < -0.3 is 11.1 Å². The van der Waals surface area contributed by atoms with E-state index in [2.05, 4.69) is 20.4 Å². The van der Waals surface area contributed by atoms with Crippen LogP contribution in [-0.2, 0) is 6.54 Å². The van der Waals surface area contributed by atoms with Crippen molar-refractivity contribution in [3.63, 3.8) is 0 Å². The van der Waals surface area contributed by atoms with Gasteiger partial charge >= 0.3 is 0 Å². The second-order valence-corrected chi connectivity index (χ2v) is 5.69. The van der Waals surface area contributed by atoms with Crippen molar-refractivity contribution in [2.75, 3.05) is 11.1 Å². The van der Waals surface area contributed by atoms with Gasteiger partial charge in [-0.05, 0) is 17.7 Å². The monoisotopic (exact) mass is 352 g/mol. The topological polar surface area (TPSA) is 81.1 Å². The van der Waals surface area contributed by atoms with Gasteiger partial charge in [0.15, 0.2) is 17.3 Å². The van der Waals surface area contributed by atoms with Crippen LogP contribution in [0.4, 0.5) is 20.5 Å².